The summed E-state index contributed by atoms with van der Waals surface area (Å²) in [5, 5.41) is 3.56. The fourth-order valence-corrected chi connectivity index (χ4v) is 4.33. The van der Waals surface area contributed by atoms with Gasteiger partial charge in [0.25, 0.3) is 0 Å². The van der Waals surface area contributed by atoms with Gasteiger partial charge in [0.2, 0.25) is 0 Å². The van der Waals surface area contributed by atoms with Crippen LogP contribution in [-0.2, 0) is 4.74 Å². The lowest BCUT2D eigenvalue weighted by Crippen LogP contribution is -2.52. The molecule has 0 saturated carbocycles. The van der Waals surface area contributed by atoms with Gasteiger partial charge in [-0.3, -0.25) is 4.90 Å². The van der Waals surface area contributed by atoms with E-state index < -0.39 is 0 Å². The molecule has 0 aliphatic carbocycles. The molecule has 3 rings (SSSR count). The zero-order valence-corrected chi connectivity index (χ0v) is 11.4. The lowest BCUT2D eigenvalue weighted by molar-refractivity contribution is -0.0365. The summed E-state index contributed by atoms with van der Waals surface area (Å²) in [6.07, 6.45) is 2.89. The van der Waals surface area contributed by atoms with Gasteiger partial charge in [-0.15, -0.1) is 0 Å². The smallest absolute Gasteiger partial charge is 0.0561 e. The van der Waals surface area contributed by atoms with E-state index in [0.29, 0.717) is 11.6 Å². The van der Waals surface area contributed by atoms with Crippen LogP contribution in [0.3, 0.4) is 0 Å². The Morgan fingerprint density at radius 1 is 1.29 bits per heavy atom. The summed E-state index contributed by atoms with van der Waals surface area (Å²) in [6, 6.07) is 0.749. The molecule has 0 bridgehead atoms. The van der Waals surface area contributed by atoms with Gasteiger partial charge in [0, 0.05) is 31.3 Å². The van der Waals surface area contributed by atoms with Crippen molar-refractivity contribution in [2.45, 2.75) is 51.3 Å². The molecule has 98 valence electrons. The second-order valence-electron chi connectivity index (χ2n) is 6.69. The summed E-state index contributed by atoms with van der Waals surface area (Å²) in [7, 11) is 0. The molecular weight excluding hydrogens is 212 g/mol. The molecule has 4 unspecified atom stereocenters. The Kier molecular flexibility index (Phi) is 2.96. The van der Waals surface area contributed by atoms with Crippen molar-refractivity contribution < 1.29 is 4.74 Å². The summed E-state index contributed by atoms with van der Waals surface area (Å²) in [5.74, 6) is 1.73. The Bertz CT molecular complexity index is 292. The Hall–Kier alpha value is -0.120. The molecule has 0 aromatic heterocycles. The van der Waals surface area contributed by atoms with E-state index in [4.69, 9.17) is 4.74 Å². The molecule has 3 nitrogen and oxygen atoms in total. The van der Waals surface area contributed by atoms with Crippen LogP contribution in [0.15, 0.2) is 0 Å². The molecule has 3 saturated heterocycles. The topological polar surface area (TPSA) is 24.5 Å². The number of hydrogen-bond acceptors (Lipinski definition) is 3. The first-order chi connectivity index (χ1) is 8.09. The van der Waals surface area contributed by atoms with Crippen LogP contribution < -0.4 is 5.32 Å². The molecule has 1 N–H and O–H groups in total. The maximum absolute atomic E-state index is 5.69. The van der Waals surface area contributed by atoms with Crippen LogP contribution in [0.5, 0.6) is 0 Å². The van der Waals surface area contributed by atoms with Crippen LogP contribution in [0, 0.1) is 11.8 Å². The molecule has 17 heavy (non-hydrogen) atoms. The van der Waals surface area contributed by atoms with Crippen LogP contribution >= 0.6 is 0 Å². The van der Waals surface area contributed by atoms with Gasteiger partial charge in [-0.25, -0.2) is 0 Å². The van der Waals surface area contributed by atoms with Gasteiger partial charge in [0.1, 0.15) is 0 Å². The Labute approximate surface area is 105 Å². The van der Waals surface area contributed by atoms with E-state index in [1.807, 2.05) is 0 Å². The van der Waals surface area contributed by atoms with Gasteiger partial charge in [0.05, 0.1) is 6.10 Å². The Balaban J connectivity index is 1.75. The molecule has 3 aliphatic heterocycles. The maximum atomic E-state index is 5.69. The third kappa shape index (κ3) is 1.92. The van der Waals surface area contributed by atoms with Crippen molar-refractivity contribution in [3.8, 4) is 0 Å². The standard InChI is InChI=1S/C14H26N2O/c1-10-6-12(4-5-17-10)16-9-11-7-15-8-13(11)14(16,2)3/h10-13,15H,4-9H2,1-3H3. The Morgan fingerprint density at radius 3 is 2.82 bits per heavy atom. The number of likely N-dealkylation sites (tertiary alicyclic amines) is 1. The third-order valence-electron chi connectivity index (χ3n) is 5.32. The molecule has 3 heterocycles. The molecule has 3 fully saturated rings. The molecule has 0 radical (unpaired) electrons. The normalized spacial score (nSPS) is 46.1. The fourth-order valence-electron chi connectivity index (χ4n) is 4.33. The molecule has 0 aromatic rings. The van der Waals surface area contributed by atoms with E-state index in [1.54, 1.807) is 0 Å². The van der Waals surface area contributed by atoms with Gasteiger partial charge in [-0.2, -0.15) is 0 Å². The lowest BCUT2D eigenvalue weighted by atomic mass is 9.84. The predicted octanol–water partition coefficient (Wildman–Crippen LogP) is 1.48. The summed E-state index contributed by atoms with van der Waals surface area (Å²) >= 11 is 0. The molecule has 4 atom stereocenters. The minimum absolute atomic E-state index is 0.371. The summed E-state index contributed by atoms with van der Waals surface area (Å²) in [6.45, 7) is 11.8. The second-order valence-corrected chi connectivity index (χ2v) is 6.69. The predicted molar refractivity (Wildman–Crippen MR) is 69.1 cm³/mol. The van der Waals surface area contributed by atoms with E-state index in [-0.39, 0.29) is 0 Å². The van der Waals surface area contributed by atoms with Crippen LogP contribution in [0.1, 0.15) is 33.6 Å². The minimum atomic E-state index is 0.371. The van der Waals surface area contributed by atoms with Crippen LogP contribution in [0.2, 0.25) is 0 Å². The molecule has 0 aromatic carbocycles. The molecule has 0 amide bonds. The van der Waals surface area contributed by atoms with Gasteiger partial charge in [0.15, 0.2) is 0 Å². The SMILES string of the molecule is CC1CC(N2CC3CNCC3C2(C)C)CCO1. The number of fused-ring (bicyclic) bond motifs is 1. The zero-order chi connectivity index (χ0) is 12.0. The van der Waals surface area contributed by atoms with Gasteiger partial charge in [-0.05, 0) is 52.0 Å². The van der Waals surface area contributed by atoms with Crippen molar-refractivity contribution in [3.05, 3.63) is 0 Å². The highest BCUT2D eigenvalue weighted by Crippen LogP contribution is 2.43. The average molecular weight is 238 g/mol. The number of ether oxygens (including phenoxy) is 1. The van der Waals surface area contributed by atoms with E-state index in [1.165, 1.54) is 32.5 Å². The quantitative estimate of drug-likeness (QED) is 0.749. The van der Waals surface area contributed by atoms with Crippen molar-refractivity contribution in [2.75, 3.05) is 26.2 Å². The first kappa shape index (κ1) is 11.9. The Morgan fingerprint density at radius 2 is 2.12 bits per heavy atom. The first-order valence-corrected chi connectivity index (χ1v) is 7.18. The van der Waals surface area contributed by atoms with Crippen LogP contribution in [0.4, 0.5) is 0 Å². The van der Waals surface area contributed by atoms with E-state index in [2.05, 4.69) is 31.0 Å². The highest BCUT2D eigenvalue weighted by molar-refractivity contribution is 5.06. The van der Waals surface area contributed by atoms with Crippen LogP contribution in [0.25, 0.3) is 0 Å². The minimum Gasteiger partial charge on any atom is -0.378 e. The van der Waals surface area contributed by atoms with E-state index in [0.717, 1.165) is 24.5 Å². The lowest BCUT2D eigenvalue weighted by Gasteiger charge is -2.43. The number of nitrogens with zero attached hydrogens (tertiary/aromatic N) is 1. The summed E-state index contributed by atoms with van der Waals surface area (Å²) in [5.41, 5.74) is 0.371. The van der Waals surface area contributed by atoms with Gasteiger partial charge < -0.3 is 10.1 Å². The maximum Gasteiger partial charge on any atom is 0.0561 e. The van der Waals surface area contributed by atoms with Crippen molar-refractivity contribution in [1.29, 1.82) is 0 Å². The van der Waals surface area contributed by atoms with Gasteiger partial charge >= 0.3 is 0 Å². The molecular formula is C14H26N2O. The molecule has 3 aliphatic rings. The molecule has 0 spiro atoms. The zero-order valence-electron chi connectivity index (χ0n) is 11.4. The summed E-state index contributed by atoms with van der Waals surface area (Å²) < 4.78 is 5.69. The van der Waals surface area contributed by atoms with Crippen molar-refractivity contribution >= 4 is 0 Å². The highest BCUT2D eigenvalue weighted by Gasteiger charge is 2.51. The summed E-state index contributed by atoms with van der Waals surface area (Å²) in [4.78, 5) is 2.79. The van der Waals surface area contributed by atoms with Crippen molar-refractivity contribution in [3.63, 3.8) is 0 Å². The highest BCUT2D eigenvalue weighted by atomic mass is 16.5. The van der Waals surface area contributed by atoms with Gasteiger partial charge in [-0.1, -0.05) is 0 Å². The van der Waals surface area contributed by atoms with Crippen molar-refractivity contribution in [1.82, 2.24) is 10.2 Å². The molecule has 3 heteroatoms. The second kappa shape index (κ2) is 4.22. The van der Waals surface area contributed by atoms with Crippen molar-refractivity contribution in [2.24, 2.45) is 11.8 Å². The fraction of sp³-hybridized carbons (Fsp3) is 1.00. The first-order valence-electron chi connectivity index (χ1n) is 7.18. The number of nitrogens with one attached hydrogen (secondary N) is 1. The van der Waals surface area contributed by atoms with Crippen LogP contribution in [-0.4, -0.2) is 48.8 Å². The average Bonchev–Trinajstić information content (AvgIpc) is 2.81. The van der Waals surface area contributed by atoms with E-state index in [9.17, 15) is 0 Å². The van der Waals surface area contributed by atoms with E-state index >= 15 is 0 Å². The monoisotopic (exact) mass is 238 g/mol. The third-order valence-corrected chi connectivity index (χ3v) is 5.32. The number of rotatable bonds is 1. The largest absolute Gasteiger partial charge is 0.378 e. The number of hydrogen-bond donors (Lipinski definition) is 1.